The minimum absolute atomic E-state index is 0.0472. The molecule has 4 heteroatoms. The van der Waals surface area contributed by atoms with E-state index in [1.807, 2.05) is 18.2 Å². The first-order valence-electron chi connectivity index (χ1n) is 7.05. The fourth-order valence-corrected chi connectivity index (χ4v) is 2.60. The average molecular weight is 282 g/mol. The Bertz CT molecular complexity index is 665. The minimum Gasteiger partial charge on any atom is -0.508 e. The topological polar surface area (TPSA) is 52.6 Å². The van der Waals surface area contributed by atoms with E-state index < -0.39 is 0 Å². The van der Waals surface area contributed by atoms with E-state index in [1.165, 1.54) is 11.1 Å². The largest absolute Gasteiger partial charge is 0.508 e. The number of nitrogens with zero attached hydrogens (tertiary/aromatic N) is 1. The molecule has 1 amide bonds. The maximum atomic E-state index is 12.6. The fraction of sp³-hybridized carbons (Fsp3) is 0.235. The first kappa shape index (κ1) is 13.6. The van der Waals surface area contributed by atoms with Gasteiger partial charge in [0.1, 0.15) is 5.75 Å². The summed E-state index contributed by atoms with van der Waals surface area (Å²) in [5.74, 6) is 0.147. The van der Waals surface area contributed by atoms with Crippen molar-refractivity contribution in [1.82, 2.24) is 5.32 Å². The summed E-state index contributed by atoms with van der Waals surface area (Å²) < 4.78 is 0. The lowest BCUT2D eigenvalue weighted by Crippen LogP contribution is -2.28. The predicted molar refractivity (Wildman–Crippen MR) is 82.7 cm³/mol. The van der Waals surface area contributed by atoms with E-state index in [0.717, 1.165) is 25.2 Å². The van der Waals surface area contributed by atoms with Gasteiger partial charge in [-0.05, 0) is 60.5 Å². The molecule has 0 aliphatic carbocycles. The normalized spacial score (nSPS) is 13.6. The van der Waals surface area contributed by atoms with Gasteiger partial charge in [-0.3, -0.25) is 4.79 Å². The van der Waals surface area contributed by atoms with E-state index in [-0.39, 0.29) is 11.7 Å². The van der Waals surface area contributed by atoms with Gasteiger partial charge in [-0.25, -0.2) is 0 Å². The molecule has 0 saturated carbocycles. The van der Waals surface area contributed by atoms with Crippen molar-refractivity contribution < 1.29 is 9.90 Å². The number of aromatic hydroxyl groups is 1. The Morgan fingerprint density at radius 2 is 1.90 bits per heavy atom. The van der Waals surface area contributed by atoms with Gasteiger partial charge < -0.3 is 15.3 Å². The molecule has 1 aliphatic rings. The number of phenols is 1. The van der Waals surface area contributed by atoms with Crippen LogP contribution in [0, 0.1) is 0 Å². The minimum atomic E-state index is -0.0472. The first-order chi connectivity index (χ1) is 10.1. The Morgan fingerprint density at radius 3 is 2.67 bits per heavy atom. The van der Waals surface area contributed by atoms with Crippen LogP contribution in [0.15, 0.2) is 42.5 Å². The summed E-state index contributed by atoms with van der Waals surface area (Å²) in [6, 6.07) is 12.5. The highest BCUT2D eigenvalue weighted by Crippen LogP contribution is 2.21. The van der Waals surface area contributed by atoms with Crippen molar-refractivity contribution in [1.29, 1.82) is 0 Å². The number of anilines is 1. The van der Waals surface area contributed by atoms with Gasteiger partial charge in [0.15, 0.2) is 0 Å². The van der Waals surface area contributed by atoms with Crippen molar-refractivity contribution in [3.05, 3.63) is 59.2 Å². The molecule has 1 heterocycles. The molecule has 0 saturated heterocycles. The molecule has 108 valence electrons. The predicted octanol–water partition coefficient (Wildman–Crippen LogP) is 2.31. The lowest BCUT2D eigenvalue weighted by molar-refractivity contribution is 0.0993. The van der Waals surface area contributed by atoms with Crippen LogP contribution in [0.1, 0.15) is 21.5 Å². The molecule has 0 aromatic heterocycles. The van der Waals surface area contributed by atoms with E-state index in [0.29, 0.717) is 5.56 Å². The van der Waals surface area contributed by atoms with Crippen LogP contribution < -0.4 is 10.2 Å². The number of hydrogen-bond donors (Lipinski definition) is 2. The van der Waals surface area contributed by atoms with Gasteiger partial charge in [-0.15, -0.1) is 0 Å². The van der Waals surface area contributed by atoms with Crippen LogP contribution in [-0.4, -0.2) is 24.6 Å². The van der Waals surface area contributed by atoms with Gasteiger partial charge in [0.25, 0.3) is 5.91 Å². The summed E-state index contributed by atoms with van der Waals surface area (Å²) in [6.07, 6.45) is 1.01. The lowest BCUT2D eigenvalue weighted by atomic mass is 9.98. The Labute approximate surface area is 124 Å². The van der Waals surface area contributed by atoms with E-state index in [1.54, 1.807) is 36.2 Å². The standard InChI is InChI=1S/C17H18N2O2/c1-19(15-4-6-16(20)7-5-15)17(21)13-3-2-12-8-9-18-11-14(12)10-13/h2-7,10,18,20H,8-9,11H2,1H3. The molecular formula is C17H18N2O2. The molecule has 4 nitrogen and oxygen atoms in total. The third-order valence-electron chi connectivity index (χ3n) is 3.88. The summed E-state index contributed by atoms with van der Waals surface area (Å²) in [4.78, 5) is 14.2. The molecular weight excluding hydrogens is 264 g/mol. The second kappa shape index (κ2) is 5.58. The zero-order chi connectivity index (χ0) is 14.8. The fourth-order valence-electron chi connectivity index (χ4n) is 2.60. The molecule has 2 N–H and O–H groups in total. The number of carbonyl (C=O) groups is 1. The molecule has 0 fully saturated rings. The highest BCUT2D eigenvalue weighted by Gasteiger charge is 2.16. The number of fused-ring (bicyclic) bond motifs is 1. The number of amides is 1. The second-order valence-corrected chi connectivity index (χ2v) is 5.29. The molecule has 3 rings (SSSR count). The lowest BCUT2D eigenvalue weighted by Gasteiger charge is -2.21. The van der Waals surface area contributed by atoms with Gasteiger partial charge in [0.2, 0.25) is 0 Å². The van der Waals surface area contributed by atoms with E-state index in [4.69, 9.17) is 0 Å². The SMILES string of the molecule is CN(C(=O)c1ccc2c(c1)CNCC2)c1ccc(O)cc1. The van der Waals surface area contributed by atoms with Crippen LogP contribution in [0.25, 0.3) is 0 Å². The van der Waals surface area contributed by atoms with Crippen molar-refractivity contribution in [2.45, 2.75) is 13.0 Å². The summed E-state index contributed by atoms with van der Waals surface area (Å²) >= 11 is 0. The Morgan fingerprint density at radius 1 is 1.14 bits per heavy atom. The second-order valence-electron chi connectivity index (χ2n) is 5.29. The van der Waals surface area contributed by atoms with Gasteiger partial charge >= 0.3 is 0 Å². The van der Waals surface area contributed by atoms with Crippen LogP contribution in [0.2, 0.25) is 0 Å². The van der Waals surface area contributed by atoms with Gasteiger partial charge in [-0.2, -0.15) is 0 Å². The zero-order valence-corrected chi connectivity index (χ0v) is 12.0. The number of benzene rings is 2. The molecule has 1 aliphatic heterocycles. The molecule has 0 atom stereocenters. The number of nitrogens with one attached hydrogen (secondary N) is 1. The van der Waals surface area contributed by atoms with E-state index in [9.17, 15) is 9.90 Å². The van der Waals surface area contributed by atoms with Gasteiger partial charge in [0.05, 0.1) is 0 Å². The smallest absolute Gasteiger partial charge is 0.258 e. The molecule has 21 heavy (non-hydrogen) atoms. The number of carbonyl (C=O) groups excluding carboxylic acids is 1. The summed E-state index contributed by atoms with van der Waals surface area (Å²) in [5.41, 5.74) is 3.96. The summed E-state index contributed by atoms with van der Waals surface area (Å²) in [5, 5.41) is 12.6. The third-order valence-corrected chi connectivity index (χ3v) is 3.88. The first-order valence-corrected chi connectivity index (χ1v) is 7.05. The van der Waals surface area contributed by atoms with Crippen molar-refractivity contribution in [2.24, 2.45) is 0 Å². The maximum absolute atomic E-state index is 12.6. The monoisotopic (exact) mass is 282 g/mol. The van der Waals surface area contributed by atoms with Crippen molar-refractivity contribution in [3.8, 4) is 5.75 Å². The Balaban J connectivity index is 1.86. The van der Waals surface area contributed by atoms with Crippen molar-refractivity contribution >= 4 is 11.6 Å². The molecule has 0 spiro atoms. The molecule has 0 radical (unpaired) electrons. The summed E-state index contributed by atoms with van der Waals surface area (Å²) in [6.45, 7) is 1.81. The molecule has 0 unspecified atom stereocenters. The number of rotatable bonds is 2. The molecule has 0 bridgehead atoms. The molecule has 2 aromatic carbocycles. The third kappa shape index (κ3) is 2.76. The van der Waals surface area contributed by atoms with Crippen LogP contribution in [0.5, 0.6) is 5.75 Å². The van der Waals surface area contributed by atoms with Gasteiger partial charge in [-0.1, -0.05) is 6.07 Å². The highest BCUT2D eigenvalue weighted by molar-refractivity contribution is 6.05. The quantitative estimate of drug-likeness (QED) is 0.888. The summed E-state index contributed by atoms with van der Waals surface area (Å²) in [7, 11) is 1.74. The number of hydrogen-bond acceptors (Lipinski definition) is 3. The van der Waals surface area contributed by atoms with Crippen molar-refractivity contribution in [2.75, 3.05) is 18.5 Å². The Hall–Kier alpha value is -2.33. The molecule has 2 aromatic rings. The maximum Gasteiger partial charge on any atom is 0.258 e. The number of phenolic OH excluding ortho intramolecular Hbond substituents is 1. The highest BCUT2D eigenvalue weighted by atomic mass is 16.3. The van der Waals surface area contributed by atoms with Crippen LogP contribution >= 0.6 is 0 Å². The van der Waals surface area contributed by atoms with Crippen LogP contribution in [-0.2, 0) is 13.0 Å². The van der Waals surface area contributed by atoms with Crippen molar-refractivity contribution in [3.63, 3.8) is 0 Å². The average Bonchev–Trinajstić information content (AvgIpc) is 2.54. The van der Waals surface area contributed by atoms with Crippen LogP contribution in [0.4, 0.5) is 5.69 Å². The van der Waals surface area contributed by atoms with E-state index in [2.05, 4.69) is 5.32 Å². The Kier molecular flexibility index (Phi) is 3.62. The zero-order valence-electron chi connectivity index (χ0n) is 12.0. The van der Waals surface area contributed by atoms with E-state index >= 15 is 0 Å². The van der Waals surface area contributed by atoms with Gasteiger partial charge in [0, 0.05) is 24.8 Å². The van der Waals surface area contributed by atoms with Crippen LogP contribution in [0.3, 0.4) is 0 Å².